The van der Waals surface area contributed by atoms with Crippen molar-refractivity contribution in [1.82, 2.24) is 9.97 Å². The first-order valence-electron chi connectivity index (χ1n) is 5.65. The lowest BCUT2D eigenvalue weighted by Gasteiger charge is -2.06. The number of hydrogen-bond acceptors (Lipinski definition) is 4. The average Bonchev–Trinajstić information content (AvgIpc) is 2.37. The van der Waals surface area contributed by atoms with Crippen molar-refractivity contribution in [2.45, 2.75) is 12.8 Å². The van der Waals surface area contributed by atoms with Crippen LogP contribution >= 0.6 is 0 Å². The maximum absolute atomic E-state index is 11.1. The van der Waals surface area contributed by atoms with Gasteiger partial charge in [-0.25, -0.2) is 4.98 Å². The number of aromatic nitrogens is 2. The molecule has 0 bridgehead atoms. The van der Waals surface area contributed by atoms with E-state index in [0.29, 0.717) is 17.9 Å². The first-order chi connectivity index (χ1) is 8.69. The zero-order valence-electron chi connectivity index (χ0n) is 10.1. The molecular formula is C13H15N3O2. The van der Waals surface area contributed by atoms with Gasteiger partial charge < -0.3 is 15.5 Å². The lowest BCUT2D eigenvalue weighted by molar-refractivity contribution is 0.417. The number of aromatic amines is 1. The molecule has 1 heterocycles. The van der Waals surface area contributed by atoms with Crippen LogP contribution in [0.2, 0.25) is 0 Å². The number of nitrogen functional groups attached to an aromatic ring is 1. The second-order valence-electron chi connectivity index (χ2n) is 3.98. The molecule has 1 aromatic carbocycles. The molecule has 0 saturated heterocycles. The number of methoxy groups -OCH3 is 1. The Balaban J connectivity index is 2.06. The largest absolute Gasteiger partial charge is 0.495 e. The number of nitrogens with one attached hydrogen (secondary N) is 1. The lowest BCUT2D eigenvalue weighted by atomic mass is 10.1. The fourth-order valence-corrected chi connectivity index (χ4v) is 1.76. The molecule has 18 heavy (non-hydrogen) atoms. The minimum absolute atomic E-state index is 0.130. The summed E-state index contributed by atoms with van der Waals surface area (Å²) in [5.74, 6) is 0.674. The van der Waals surface area contributed by atoms with E-state index in [1.165, 1.54) is 12.4 Å². The molecule has 0 fully saturated rings. The monoisotopic (exact) mass is 245 g/mol. The molecule has 0 atom stereocenters. The summed E-state index contributed by atoms with van der Waals surface area (Å²) >= 11 is 0. The van der Waals surface area contributed by atoms with Gasteiger partial charge in [-0.2, -0.15) is 0 Å². The van der Waals surface area contributed by atoms with Crippen molar-refractivity contribution in [3.63, 3.8) is 0 Å². The van der Waals surface area contributed by atoms with Gasteiger partial charge in [0.1, 0.15) is 5.75 Å². The van der Waals surface area contributed by atoms with Gasteiger partial charge in [0.05, 0.1) is 19.1 Å². The molecule has 1 aromatic heterocycles. The third-order valence-electron chi connectivity index (χ3n) is 2.70. The van der Waals surface area contributed by atoms with E-state index in [2.05, 4.69) is 9.97 Å². The molecule has 94 valence electrons. The Morgan fingerprint density at radius 2 is 2.17 bits per heavy atom. The highest BCUT2D eigenvalue weighted by atomic mass is 16.5. The quantitative estimate of drug-likeness (QED) is 0.792. The first-order valence-corrected chi connectivity index (χ1v) is 5.65. The van der Waals surface area contributed by atoms with Crippen LogP contribution in [0.3, 0.4) is 0 Å². The standard InChI is InChI=1S/C13H15N3O2/c1-18-12-5-3-9(6-11(12)14)2-4-10-7-13(17)16-8-15-10/h3,5-8H,2,4,14H2,1H3,(H,15,16,17). The Hall–Kier alpha value is -2.30. The molecule has 0 unspecified atom stereocenters. The molecule has 0 aliphatic heterocycles. The highest BCUT2D eigenvalue weighted by Gasteiger charge is 2.02. The van der Waals surface area contributed by atoms with E-state index in [4.69, 9.17) is 10.5 Å². The summed E-state index contributed by atoms with van der Waals surface area (Å²) in [4.78, 5) is 17.7. The third-order valence-corrected chi connectivity index (χ3v) is 2.70. The lowest BCUT2D eigenvalue weighted by Crippen LogP contribution is -2.07. The van der Waals surface area contributed by atoms with E-state index in [1.54, 1.807) is 7.11 Å². The smallest absolute Gasteiger partial charge is 0.250 e. The van der Waals surface area contributed by atoms with Crippen molar-refractivity contribution < 1.29 is 4.74 Å². The average molecular weight is 245 g/mol. The van der Waals surface area contributed by atoms with Crippen molar-refractivity contribution in [3.8, 4) is 5.75 Å². The Kier molecular flexibility index (Phi) is 3.62. The van der Waals surface area contributed by atoms with Gasteiger partial charge in [0.25, 0.3) is 5.56 Å². The maximum atomic E-state index is 11.1. The summed E-state index contributed by atoms with van der Waals surface area (Å²) in [6, 6.07) is 7.19. The van der Waals surface area contributed by atoms with E-state index < -0.39 is 0 Å². The highest BCUT2D eigenvalue weighted by molar-refractivity contribution is 5.54. The topological polar surface area (TPSA) is 81.0 Å². The first kappa shape index (κ1) is 12.2. The van der Waals surface area contributed by atoms with E-state index in [0.717, 1.165) is 17.7 Å². The molecular weight excluding hydrogens is 230 g/mol. The molecule has 0 radical (unpaired) electrons. The molecule has 3 N–H and O–H groups in total. The van der Waals surface area contributed by atoms with Gasteiger partial charge in [0, 0.05) is 11.8 Å². The van der Waals surface area contributed by atoms with Crippen LogP contribution in [0.1, 0.15) is 11.3 Å². The molecule has 0 amide bonds. The van der Waals surface area contributed by atoms with E-state index >= 15 is 0 Å². The second kappa shape index (κ2) is 5.35. The molecule has 2 rings (SSSR count). The van der Waals surface area contributed by atoms with Gasteiger partial charge in [0.2, 0.25) is 0 Å². The molecule has 2 aromatic rings. The van der Waals surface area contributed by atoms with Crippen LogP contribution < -0.4 is 16.0 Å². The zero-order chi connectivity index (χ0) is 13.0. The number of hydrogen-bond donors (Lipinski definition) is 2. The number of H-pyrrole nitrogens is 1. The van der Waals surface area contributed by atoms with Gasteiger partial charge in [-0.05, 0) is 30.5 Å². The van der Waals surface area contributed by atoms with Crippen LogP contribution in [0.25, 0.3) is 0 Å². The zero-order valence-corrected chi connectivity index (χ0v) is 10.1. The molecule has 5 heteroatoms. The molecule has 0 spiro atoms. The molecule has 0 aliphatic carbocycles. The SMILES string of the molecule is COc1ccc(CCc2cc(=O)[nH]cn2)cc1N. The summed E-state index contributed by atoms with van der Waals surface area (Å²) in [6.45, 7) is 0. The van der Waals surface area contributed by atoms with E-state index in [9.17, 15) is 4.79 Å². The van der Waals surface area contributed by atoms with E-state index in [1.807, 2.05) is 18.2 Å². The number of anilines is 1. The normalized spacial score (nSPS) is 10.3. The Bertz CT molecular complexity index is 593. The number of benzene rings is 1. The van der Waals surface area contributed by atoms with Crippen molar-refractivity contribution in [2.75, 3.05) is 12.8 Å². The predicted molar refractivity (Wildman–Crippen MR) is 69.7 cm³/mol. The summed E-state index contributed by atoms with van der Waals surface area (Å²) in [5, 5.41) is 0. The van der Waals surface area contributed by atoms with E-state index in [-0.39, 0.29) is 5.56 Å². The Labute approximate surface area is 105 Å². The van der Waals surface area contributed by atoms with Crippen LogP contribution in [0.4, 0.5) is 5.69 Å². The van der Waals surface area contributed by atoms with Gasteiger partial charge in [-0.1, -0.05) is 6.07 Å². The van der Waals surface area contributed by atoms with Crippen LogP contribution in [0, 0.1) is 0 Å². The van der Waals surface area contributed by atoms with Gasteiger partial charge >= 0.3 is 0 Å². The second-order valence-corrected chi connectivity index (χ2v) is 3.98. The third kappa shape index (κ3) is 2.88. The van der Waals surface area contributed by atoms with Gasteiger partial charge in [0.15, 0.2) is 0 Å². The summed E-state index contributed by atoms with van der Waals surface area (Å²) in [5.41, 5.74) is 8.18. The maximum Gasteiger partial charge on any atom is 0.250 e. The van der Waals surface area contributed by atoms with Crippen LogP contribution in [0.5, 0.6) is 5.75 Å². The van der Waals surface area contributed by atoms with Crippen molar-refractivity contribution in [2.24, 2.45) is 0 Å². The number of nitrogens with two attached hydrogens (primary N) is 1. The summed E-state index contributed by atoms with van der Waals surface area (Å²) < 4.78 is 5.10. The van der Waals surface area contributed by atoms with Crippen LogP contribution in [-0.2, 0) is 12.8 Å². The molecule has 0 saturated carbocycles. The summed E-state index contributed by atoms with van der Waals surface area (Å²) in [7, 11) is 1.59. The number of aryl methyl sites for hydroxylation is 2. The highest BCUT2D eigenvalue weighted by Crippen LogP contribution is 2.22. The number of nitrogens with zero attached hydrogens (tertiary/aromatic N) is 1. The van der Waals surface area contributed by atoms with Gasteiger partial charge in [-0.3, -0.25) is 4.79 Å². The number of ether oxygens (including phenoxy) is 1. The Morgan fingerprint density at radius 3 is 2.83 bits per heavy atom. The molecule has 5 nitrogen and oxygen atoms in total. The van der Waals surface area contributed by atoms with Crippen molar-refractivity contribution >= 4 is 5.69 Å². The Morgan fingerprint density at radius 1 is 1.33 bits per heavy atom. The van der Waals surface area contributed by atoms with Crippen molar-refractivity contribution in [3.05, 3.63) is 52.2 Å². The van der Waals surface area contributed by atoms with Crippen LogP contribution in [0.15, 0.2) is 35.4 Å². The van der Waals surface area contributed by atoms with Crippen LogP contribution in [-0.4, -0.2) is 17.1 Å². The molecule has 0 aliphatic rings. The fourth-order valence-electron chi connectivity index (χ4n) is 1.76. The minimum atomic E-state index is -0.130. The van der Waals surface area contributed by atoms with Crippen molar-refractivity contribution in [1.29, 1.82) is 0 Å². The predicted octanol–water partition coefficient (Wildman–Crippen LogP) is 1.15. The van der Waals surface area contributed by atoms with Gasteiger partial charge in [-0.15, -0.1) is 0 Å². The fraction of sp³-hybridized carbons (Fsp3) is 0.231. The summed E-state index contributed by atoms with van der Waals surface area (Å²) in [6.07, 6.45) is 2.90. The minimum Gasteiger partial charge on any atom is -0.495 e. The number of rotatable bonds is 4.